The van der Waals surface area contributed by atoms with E-state index in [9.17, 15) is 4.79 Å². The van der Waals surface area contributed by atoms with E-state index < -0.39 is 0 Å². The first-order valence-electron chi connectivity index (χ1n) is 5.63. The van der Waals surface area contributed by atoms with E-state index in [4.69, 9.17) is 0 Å². The molecule has 0 aliphatic carbocycles. The summed E-state index contributed by atoms with van der Waals surface area (Å²) in [6, 6.07) is 9.37. The van der Waals surface area contributed by atoms with Gasteiger partial charge < -0.3 is 0 Å². The van der Waals surface area contributed by atoms with Crippen molar-refractivity contribution in [3.63, 3.8) is 0 Å². The van der Waals surface area contributed by atoms with Gasteiger partial charge in [0.25, 0.3) is 0 Å². The Morgan fingerprint density at radius 2 is 1.84 bits per heavy atom. The van der Waals surface area contributed by atoms with E-state index in [2.05, 4.69) is 20.2 Å². The van der Waals surface area contributed by atoms with Crippen molar-refractivity contribution in [2.75, 3.05) is 0 Å². The lowest BCUT2D eigenvalue weighted by atomic mass is 10.2. The fourth-order valence-corrected chi connectivity index (χ4v) is 1.60. The van der Waals surface area contributed by atoms with Crippen molar-refractivity contribution in [1.29, 1.82) is 0 Å². The predicted molar refractivity (Wildman–Crippen MR) is 66.8 cm³/mol. The maximum atomic E-state index is 12.1. The number of aromatic nitrogens is 5. The molecule has 0 bridgehead atoms. The molecule has 0 saturated heterocycles. The Kier molecular flexibility index (Phi) is 2.82. The van der Waals surface area contributed by atoms with Crippen LogP contribution in [-0.2, 0) is 0 Å². The van der Waals surface area contributed by atoms with Gasteiger partial charge in [-0.25, -0.2) is 4.98 Å². The third kappa shape index (κ3) is 2.23. The zero-order valence-electron chi connectivity index (χ0n) is 9.84. The maximum absolute atomic E-state index is 12.1. The van der Waals surface area contributed by atoms with Crippen molar-refractivity contribution in [2.45, 2.75) is 0 Å². The molecule has 0 radical (unpaired) electrons. The fourth-order valence-electron chi connectivity index (χ4n) is 1.60. The summed E-state index contributed by atoms with van der Waals surface area (Å²) in [5.74, 6) is -0.296. The van der Waals surface area contributed by atoms with Crippen LogP contribution in [0.25, 0.3) is 5.69 Å². The molecule has 0 aliphatic rings. The zero-order chi connectivity index (χ0) is 13.1. The molecule has 3 aromatic rings. The third-order valence-corrected chi connectivity index (χ3v) is 2.51. The molecule has 19 heavy (non-hydrogen) atoms. The van der Waals surface area contributed by atoms with Crippen LogP contribution in [0.4, 0.5) is 0 Å². The topological polar surface area (TPSA) is 73.6 Å². The molecule has 0 saturated carbocycles. The Morgan fingerprint density at radius 1 is 1.00 bits per heavy atom. The molecule has 0 fully saturated rings. The summed E-state index contributed by atoms with van der Waals surface area (Å²) in [6.45, 7) is 0. The SMILES string of the molecule is O=C(c1cnccn1)c1cnn(-c2ccccc2)n1. The highest BCUT2D eigenvalue weighted by atomic mass is 16.1. The minimum Gasteiger partial charge on any atom is -0.285 e. The van der Waals surface area contributed by atoms with E-state index in [0.717, 1.165) is 5.69 Å². The standard InChI is InChI=1S/C13H9N5O/c19-13(11-8-14-6-7-15-11)12-9-16-18(17-12)10-4-2-1-3-5-10/h1-9H. The van der Waals surface area contributed by atoms with Crippen LogP contribution >= 0.6 is 0 Å². The average molecular weight is 251 g/mol. The van der Waals surface area contributed by atoms with Crippen LogP contribution in [0.2, 0.25) is 0 Å². The molecule has 2 aromatic heterocycles. The van der Waals surface area contributed by atoms with E-state index in [1.165, 1.54) is 29.6 Å². The van der Waals surface area contributed by atoms with Crippen LogP contribution in [0.3, 0.4) is 0 Å². The lowest BCUT2D eigenvalue weighted by Gasteiger charge is -1.97. The molecule has 6 nitrogen and oxygen atoms in total. The summed E-state index contributed by atoms with van der Waals surface area (Å²) < 4.78 is 0. The highest BCUT2D eigenvalue weighted by Crippen LogP contribution is 2.06. The second-order valence-corrected chi connectivity index (χ2v) is 3.77. The maximum Gasteiger partial charge on any atom is 0.234 e. The van der Waals surface area contributed by atoms with Crippen molar-refractivity contribution in [3.05, 3.63) is 66.5 Å². The van der Waals surface area contributed by atoms with E-state index in [1.54, 1.807) is 0 Å². The van der Waals surface area contributed by atoms with Gasteiger partial charge in [-0.3, -0.25) is 9.78 Å². The van der Waals surface area contributed by atoms with Crippen molar-refractivity contribution < 1.29 is 4.79 Å². The second kappa shape index (κ2) is 4.77. The molecule has 6 heteroatoms. The fraction of sp³-hybridized carbons (Fsp3) is 0. The molecule has 1 aromatic carbocycles. The summed E-state index contributed by atoms with van der Waals surface area (Å²) in [5, 5.41) is 8.21. The molecule has 0 spiro atoms. The van der Waals surface area contributed by atoms with Gasteiger partial charge in [0, 0.05) is 12.4 Å². The summed E-state index contributed by atoms with van der Waals surface area (Å²) in [7, 11) is 0. The highest BCUT2D eigenvalue weighted by Gasteiger charge is 2.15. The number of ketones is 1. The smallest absolute Gasteiger partial charge is 0.234 e. The van der Waals surface area contributed by atoms with Gasteiger partial charge in [-0.1, -0.05) is 18.2 Å². The number of carbonyl (C=O) groups is 1. The Balaban J connectivity index is 1.92. The Morgan fingerprint density at radius 3 is 2.58 bits per heavy atom. The molecule has 0 unspecified atom stereocenters. The van der Waals surface area contributed by atoms with Gasteiger partial charge in [-0.15, -0.1) is 5.10 Å². The molecular formula is C13H9N5O. The van der Waals surface area contributed by atoms with Crippen LogP contribution in [0.5, 0.6) is 0 Å². The summed E-state index contributed by atoms with van der Waals surface area (Å²) >= 11 is 0. The van der Waals surface area contributed by atoms with Crippen molar-refractivity contribution >= 4 is 5.78 Å². The van der Waals surface area contributed by atoms with Crippen LogP contribution in [0.1, 0.15) is 16.2 Å². The molecule has 2 heterocycles. The first-order chi connectivity index (χ1) is 9.34. The van der Waals surface area contributed by atoms with Crippen LogP contribution in [0, 0.1) is 0 Å². The highest BCUT2D eigenvalue weighted by molar-refractivity contribution is 6.05. The summed E-state index contributed by atoms with van der Waals surface area (Å²) in [4.78, 5) is 21.3. The van der Waals surface area contributed by atoms with Gasteiger partial charge in [0.05, 0.1) is 18.1 Å². The van der Waals surface area contributed by atoms with E-state index >= 15 is 0 Å². The molecule has 3 rings (SSSR count). The number of carbonyl (C=O) groups excluding carboxylic acids is 1. The first kappa shape index (κ1) is 11.2. The van der Waals surface area contributed by atoms with Crippen LogP contribution in [-0.4, -0.2) is 30.7 Å². The average Bonchev–Trinajstić information content (AvgIpc) is 2.98. The van der Waals surface area contributed by atoms with Gasteiger partial charge in [-0.05, 0) is 12.1 Å². The number of para-hydroxylation sites is 1. The van der Waals surface area contributed by atoms with Gasteiger partial charge in [0.2, 0.25) is 5.78 Å². The summed E-state index contributed by atoms with van der Waals surface area (Å²) in [5.41, 5.74) is 1.28. The van der Waals surface area contributed by atoms with E-state index in [0.29, 0.717) is 0 Å². The van der Waals surface area contributed by atoms with Crippen molar-refractivity contribution in [3.8, 4) is 5.69 Å². The number of benzene rings is 1. The normalized spacial score (nSPS) is 10.3. The van der Waals surface area contributed by atoms with Gasteiger partial charge in [0.1, 0.15) is 5.69 Å². The summed E-state index contributed by atoms with van der Waals surface area (Å²) in [6.07, 6.45) is 5.81. The molecule has 92 valence electrons. The molecular weight excluding hydrogens is 242 g/mol. The Hall–Kier alpha value is -2.89. The predicted octanol–water partition coefficient (Wildman–Crippen LogP) is 1.29. The Labute approximate surface area is 108 Å². The lowest BCUT2D eigenvalue weighted by Crippen LogP contribution is -2.06. The number of hydrogen-bond donors (Lipinski definition) is 0. The van der Waals surface area contributed by atoms with E-state index in [1.807, 2.05) is 30.3 Å². The minimum atomic E-state index is -0.296. The third-order valence-electron chi connectivity index (χ3n) is 2.51. The van der Waals surface area contributed by atoms with Crippen molar-refractivity contribution in [1.82, 2.24) is 25.0 Å². The lowest BCUT2D eigenvalue weighted by molar-refractivity contribution is 0.102. The second-order valence-electron chi connectivity index (χ2n) is 3.77. The zero-order valence-corrected chi connectivity index (χ0v) is 9.84. The number of nitrogens with zero attached hydrogens (tertiary/aromatic N) is 5. The van der Waals surface area contributed by atoms with E-state index in [-0.39, 0.29) is 17.2 Å². The number of hydrogen-bond acceptors (Lipinski definition) is 5. The molecule has 0 amide bonds. The molecule has 0 atom stereocenters. The van der Waals surface area contributed by atoms with Gasteiger partial charge in [0.15, 0.2) is 5.69 Å². The minimum absolute atomic E-state index is 0.240. The quantitative estimate of drug-likeness (QED) is 0.656. The molecule has 0 aliphatic heterocycles. The van der Waals surface area contributed by atoms with Crippen molar-refractivity contribution in [2.24, 2.45) is 0 Å². The van der Waals surface area contributed by atoms with Crippen LogP contribution in [0.15, 0.2) is 55.1 Å². The largest absolute Gasteiger partial charge is 0.285 e. The van der Waals surface area contributed by atoms with Gasteiger partial charge >= 0.3 is 0 Å². The monoisotopic (exact) mass is 251 g/mol. The molecule has 0 N–H and O–H groups in total. The number of rotatable bonds is 3. The van der Waals surface area contributed by atoms with Gasteiger partial charge in [-0.2, -0.15) is 9.90 Å². The Bertz CT molecular complexity index is 693. The first-order valence-corrected chi connectivity index (χ1v) is 5.63. The van der Waals surface area contributed by atoms with Crippen LogP contribution < -0.4 is 0 Å².